The van der Waals surface area contributed by atoms with Gasteiger partial charge in [0.05, 0.1) is 18.0 Å². The quantitative estimate of drug-likeness (QED) is 0.237. The van der Waals surface area contributed by atoms with E-state index in [0.29, 0.717) is 38.2 Å². The summed E-state index contributed by atoms with van der Waals surface area (Å²) in [5.41, 5.74) is 1.17. The maximum atomic E-state index is 13.2. The molecule has 0 spiro atoms. The molecule has 3 aromatic carbocycles. The number of hydrogen-bond acceptors (Lipinski definition) is 8. The van der Waals surface area contributed by atoms with E-state index in [9.17, 15) is 19.7 Å². The summed E-state index contributed by atoms with van der Waals surface area (Å²) in [6.45, 7) is 1.67. The van der Waals surface area contributed by atoms with Crippen molar-refractivity contribution in [3.05, 3.63) is 106 Å². The lowest BCUT2D eigenvalue weighted by Crippen LogP contribution is -2.55. The van der Waals surface area contributed by atoms with Crippen LogP contribution in [0.2, 0.25) is 0 Å². The molecule has 9 nitrogen and oxygen atoms in total. The highest BCUT2D eigenvalue weighted by Gasteiger charge is 2.43. The fourth-order valence-corrected chi connectivity index (χ4v) is 4.76. The van der Waals surface area contributed by atoms with Crippen molar-refractivity contribution in [3.63, 3.8) is 0 Å². The van der Waals surface area contributed by atoms with Crippen LogP contribution in [-0.4, -0.2) is 54.0 Å². The number of non-ortho nitro benzene ring substituents is 1. The second-order valence-electron chi connectivity index (χ2n) is 9.36. The number of esters is 2. The number of carbonyl (C=O) groups excluding carboxylic acids is 2. The van der Waals surface area contributed by atoms with Gasteiger partial charge in [0.25, 0.3) is 5.69 Å². The van der Waals surface area contributed by atoms with Crippen molar-refractivity contribution < 1.29 is 24.0 Å². The zero-order valence-corrected chi connectivity index (χ0v) is 21.2. The minimum Gasteiger partial charge on any atom is -0.467 e. The van der Waals surface area contributed by atoms with Crippen LogP contribution in [-0.2, 0) is 25.7 Å². The van der Waals surface area contributed by atoms with Gasteiger partial charge >= 0.3 is 11.9 Å². The molecule has 0 aliphatic carbocycles. The van der Waals surface area contributed by atoms with Crippen LogP contribution < -0.4 is 5.32 Å². The van der Waals surface area contributed by atoms with Gasteiger partial charge in [0.2, 0.25) is 0 Å². The van der Waals surface area contributed by atoms with Gasteiger partial charge in [-0.05, 0) is 30.0 Å². The Morgan fingerprint density at radius 3 is 2.29 bits per heavy atom. The van der Waals surface area contributed by atoms with Gasteiger partial charge in [-0.3, -0.25) is 14.9 Å². The summed E-state index contributed by atoms with van der Waals surface area (Å²) >= 11 is 0. The van der Waals surface area contributed by atoms with Gasteiger partial charge in [-0.2, -0.15) is 0 Å². The van der Waals surface area contributed by atoms with Crippen molar-refractivity contribution in [1.82, 2.24) is 4.90 Å². The predicted molar refractivity (Wildman–Crippen MR) is 143 cm³/mol. The summed E-state index contributed by atoms with van der Waals surface area (Å²) in [6.07, 6.45) is 0.811. The van der Waals surface area contributed by atoms with E-state index in [1.54, 1.807) is 12.1 Å². The molecule has 0 radical (unpaired) electrons. The van der Waals surface area contributed by atoms with Crippen LogP contribution in [0.25, 0.3) is 0 Å². The predicted octanol–water partition coefficient (Wildman–Crippen LogP) is 4.54. The molecule has 0 amide bonds. The molecule has 0 saturated carbocycles. The van der Waals surface area contributed by atoms with Gasteiger partial charge in [-0.25, -0.2) is 4.79 Å². The van der Waals surface area contributed by atoms with Crippen molar-refractivity contribution >= 4 is 23.3 Å². The highest BCUT2D eigenvalue weighted by atomic mass is 16.6. The van der Waals surface area contributed by atoms with E-state index < -0.39 is 22.3 Å². The molecule has 3 aromatic rings. The maximum Gasteiger partial charge on any atom is 0.331 e. The summed E-state index contributed by atoms with van der Waals surface area (Å²) < 4.78 is 10.8. The normalized spacial score (nSPS) is 15.7. The number of nitro groups is 1. The number of ether oxygens (including phenoxy) is 2. The number of rotatable bonds is 10. The first-order chi connectivity index (χ1) is 18.4. The molecule has 1 aliphatic heterocycles. The monoisotopic (exact) mass is 517 g/mol. The van der Waals surface area contributed by atoms with Crippen molar-refractivity contribution in [2.24, 2.45) is 0 Å². The first-order valence-electron chi connectivity index (χ1n) is 12.5. The fraction of sp³-hybridized carbons (Fsp3) is 0.310. The summed E-state index contributed by atoms with van der Waals surface area (Å²) in [7, 11) is 1.33. The van der Waals surface area contributed by atoms with Gasteiger partial charge in [-0.1, -0.05) is 66.7 Å². The maximum absolute atomic E-state index is 13.2. The standard InChI is InChI=1S/C29H31N3O6/c1-37-28(34)29(30-24-13-8-14-25(19-24)32(35)36)15-17-31(18-16-29)20-26(23-11-6-3-7-12-23)27(33)38-21-22-9-4-2-5-10-22/h2-14,19,26,30H,15-18,20-21H2,1H3. The average Bonchev–Trinajstić information content (AvgIpc) is 2.96. The van der Waals surface area contributed by atoms with Crippen LogP contribution in [0, 0.1) is 10.1 Å². The molecule has 9 heteroatoms. The van der Waals surface area contributed by atoms with E-state index in [0.717, 1.165) is 11.1 Å². The molecule has 1 heterocycles. The zero-order chi connectivity index (χ0) is 27.0. The molecule has 1 saturated heterocycles. The Kier molecular flexibility index (Phi) is 8.70. The lowest BCUT2D eigenvalue weighted by molar-refractivity contribution is -0.384. The van der Waals surface area contributed by atoms with Crippen molar-refractivity contribution in [2.75, 3.05) is 32.1 Å². The van der Waals surface area contributed by atoms with Crippen LogP contribution >= 0.6 is 0 Å². The zero-order valence-electron chi connectivity index (χ0n) is 21.2. The molecule has 4 rings (SSSR count). The number of anilines is 1. The second-order valence-corrected chi connectivity index (χ2v) is 9.36. The molecule has 1 unspecified atom stereocenters. The lowest BCUT2D eigenvalue weighted by Gasteiger charge is -2.41. The van der Waals surface area contributed by atoms with Crippen LogP contribution in [0.3, 0.4) is 0 Å². The number of likely N-dealkylation sites (tertiary alicyclic amines) is 1. The topological polar surface area (TPSA) is 111 Å². The number of carbonyl (C=O) groups is 2. The number of nitrogens with one attached hydrogen (secondary N) is 1. The molecule has 198 valence electrons. The van der Waals surface area contributed by atoms with Crippen molar-refractivity contribution in [1.29, 1.82) is 0 Å². The van der Waals surface area contributed by atoms with E-state index >= 15 is 0 Å². The molecule has 0 bridgehead atoms. The van der Waals surface area contributed by atoms with E-state index in [-0.39, 0.29) is 18.3 Å². The summed E-state index contributed by atoms with van der Waals surface area (Å²) in [6, 6.07) is 25.2. The molecular formula is C29H31N3O6. The van der Waals surface area contributed by atoms with Crippen LogP contribution in [0.1, 0.15) is 29.9 Å². The number of methoxy groups -OCH3 is 1. The number of hydrogen-bond donors (Lipinski definition) is 1. The van der Waals surface area contributed by atoms with Gasteiger partial charge in [-0.15, -0.1) is 0 Å². The Labute approximate surface area is 221 Å². The smallest absolute Gasteiger partial charge is 0.331 e. The summed E-state index contributed by atoms with van der Waals surface area (Å²) in [5, 5.41) is 14.4. The number of piperidine rings is 1. The largest absolute Gasteiger partial charge is 0.467 e. The lowest BCUT2D eigenvalue weighted by atomic mass is 9.86. The molecule has 1 N–H and O–H groups in total. The third kappa shape index (κ3) is 6.54. The molecular weight excluding hydrogens is 486 g/mol. The first kappa shape index (κ1) is 26.8. The summed E-state index contributed by atoms with van der Waals surface area (Å²) in [5.74, 6) is -1.22. The third-order valence-corrected chi connectivity index (χ3v) is 6.88. The van der Waals surface area contributed by atoms with Crippen LogP contribution in [0.15, 0.2) is 84.9 Å². The van der Waals surface area contributed by atoms with E-state index in [1.807, 2.05) is 60.7 Å². The Morgan fingerprint density at radius 1 is 1.00 bits per heavy atom. The fourth-order valence-electron chi connectivity index (χ4n) is 4.76. The van der Waals surface area contributed by atoms with Crippen molar-refractivity contribution in [2.45, 2.75) is 30.9 Å². The van der Waals surface area contributed by atoms with E-state index in [2.05, 4.69) is 10.2 Å². The number of nitrogens with zero attached hydrogens (tertiary/aromatic N) is 2. The molecule has 1 fully saturated rings. The van der Waals surface area contributed by atoms with Gasteiger partial charge in [0, 0.05) is 37.5 Å². The number of nitro benzene ring substituents is 1. The molecule has 1 aliphatic rings. The highest BCUT2D eigenvalue weighted by Crippen LogP contribution is 2.31. The average molecular weight is 518 g/mol. The highest BCUT2D eigenvalue weighted by molar-refractivity contribution is 5.85. The van der Waals surface area contributed by atoms with Gasteiger partial charge in [0.15, 0.2) is 0 Å². The molecule has 0 aromatic heterocycles. The molecule has 1 atom stereocenters. The molecule has 38 heavy (non-hydrogen) atoms. The minimum atomic E-state index is -1.03. The Balaban J connectivity index is 1.46. The Bertz CT molecular complexity index is 1240. The summed E-state index contributed by atoms with van der Waals surface area (Å²) in [4.78, 5) is 39.0. The van der Waals surface area contributed by atoms with Crippen molar-refractivity contribution in [3.8, 4) is 0 Å². The van der Waals surface area contributed by atoms with Gasteiger partial charge < -0.3 is 19.7 Å². The third-order valence-electron chi connectivity index (χ3n) is 6.88. The Morgan fingerprint density at radius 2 is 1.66 bits per heavy atom. The van der Waals surface area contributed by atoms with Gasteiger partial charge in [0.1, 0.15) is 12.1 Å². The van der Waals surface area contributed by atoms with E-state index in [4.69, 9.17) is 9.47 Å². The second kappa shape index (κ2) is 12.3. The van der Waals surface area contributed by atoms with Crippen LogP contribution in [0.4, 0.5) is 11.4 Å². The van der Waals surface area contributed by atoms with E-state index in [1.165, 1.54) is 19.2 Å². The Hall–Kier alpha value is -4.24. The number of benzene rings is 3. The SMILES string of the molecule is COC(=O)C1(Nc2cccc([N+](=O)[O-])c2)CCN(CC(C(=O)OCc2ccccc2)c2ccccc2)CC1. The first-order valence-corrected chi connectivity index (χ1v) is 12.5. The van der Waals surface area contributed by atoms with Crippen LogP contribution in [0.5, 0.6) is 0 Å². The minimum absolute atomic E-state index is 0.0628.